The minimum absolute atomic E-state index is 0.366. The van der Waals surface area contributed by atoms with E-state index >= 15 is 0 Å². The Morgan fingerprint density at radius 1 is 0.636 bits per heavy atom. The van der Waals surface area contributed by atoms with Crippen molar-refractivity contribution in [3.63, 3.8) is 0 Å². The molecule has 0 saturated heterocycles. The molecule has 0 amide bonds. The molecule has 2 rings (SSSR count). The molecular weight excluding hydrogens is 593 g/mol. The van der Waals surface area contributed by atoms with Crippen molar-refractivity contribution >= 4 is 55.5 Å². The molecular formula is C25H47Cl3MoN2P2+. The van der Waals surface area contributed by atoms with Crippen molar-refractivity contribution in [3.8, 4) is 0 Å². The number of nitrogens with zero attached hydrogens (tertiary/aromatic N) is 2. The molecule has 0 saturated carbocycles. The van der Waals surface area contributed by atoms with Gasteiger partial charge in [-0.3, -0.25) is 0 Å². The molecule has 8 heteroatoms. The zero-order chi connectivity index (χ0) is 26.0. The number of fused-ring (bicyclic) bond motifs is 1. The van der Waals surface area contributed by atoms with Crippen LogP contribution in [-0.4, -0.2) is 33.2 Å². The Kier molecular flexibility index (Phi) is 11.9. The van der Waals surface area contributed by atoms with Crippen LogP contribution in [-0.2, 0) is 14.2 Å². The molecule has 2 nitrogen and oxygen atoms in total. The van der Waals surface area contributed by atoms with E-state index in [9.17, 15) is 0 Å². The van der Waals surface area contributed by atoms with Gasteiger partial charge in [-0.2, -0.15) is 0 Å². The molecule has 0 aliphatic carbocycles. The quantitative estimate of drug-likeness (QED) is 0.184. The maximum atomic E-state index is 4.98. The number of para-hydroxylation sites is 2. The molecule has 0 atom stereocenters. The monoisotopic (exact) mass is 640 g/mol. The first-order chi connectivity index (χ1) is 14.7. The van der Waals surface area contributed by atoms with Gasteiger partial charge in [-0.05, 0) is 95.2 Å². The van der Waals surface area contributed by atoms with Gasteiger partial charge in [-0.1, -0.05) is 12.1 Å². The number of hydrogen-bond donors (Lipinski definition) is 0. The predicted octanol–water partition coefficient (Wildman–Crippen LogP) is 10.0. The molecule has 0 N–H and O–H groups in total. The van der Waals surface area contributed by atoms with Crippen molar-refractivity contribution in [2.45, 2.75) is 104 Å². The molecule has 33 heavy (non-hydrogen) atoms. The maximum absolute atomic E-state index is 4.98. The van der Waals surface area contributed by atoms with Crippen LogP contribution < -0.4 is 9.80 Å². The Hall–Kier alpha value is 1.24. The van der Waals surface area contributed by atoms with Crippen molar-refractivity contribution in [1.82, 2.24) is 0 Å². The summed E-state index contributed by atoms with van der Waals surface area (Å²) < 4.78 is 0. The first-order valence-corrected chi connectivity index (χ1v) is 22.8. The van der Waals surface area contributed by atoms with Gasteiger partial charge in [-0.15, -0.1) is 6.67 Å². The number of anilines is 2. The van der Waals surface area contributed by atoms with Crippen molar-refractivity contribution in [2.24, 2.45) is 0 Å². The third kappa shape index (κ3) is 10.3. The first-order valence-electron chi connectivity index (χ1n) is 11.6. The fourth-order valence-corrected chi connectivity index (χ4v) is 12.6. The molecule has 0 aromatic heterocycles. The summed E-state index contributed by atoms with van der Waals surface area (Å²) in [6.45, 7) is 31.7. The van der Waals surface area contributed by atoms with Gasteiger partial charge in [0.2, 0.25) is 0 Å². The third-order valence-electron chi connectivity index (χ3n) is 6.06. The second-order valence-corrected chi connectivity index (χ2v) is 30.7. The van der Waals surface area contributed by atoms with Gasteiger partial charge in [0.05, 0.1) is 20.6 Å². The van der Waals surface area contributed by atoms with Crippen LogP contribution in [0.25, 0.3) is 0 Å². The van der Waals surface area contributed by atoms with Gasteiger partial charge in [0.15, 0.2) is 0 Å². The predicted molar refractivity (Wildman–Crippen MR) is 159 cm³/mol. The number of halogens is 3. The van der Waals surface area contributed by atoms with Crippen LogP contribution in [0.2, 0.25) is 0 Å². The Bertz CT molecular complexity index is 660. The van der Waals surface area contributed by atoms with Crippen LogP contribution >= 0.6 is 44.1 Å². The first kappa shape index (κ1) is 32.3. The molecule has 1 aliphatic heterocycles. The Morgan fingerprint density at radius 2 is 0.879 bits per heavy atom. The van der Waals surface area contributed by atoms with E-state index in [1.807, 2.05) is 0 Å². The second kappa shape index (κ2) is 12.2. The van der Waals surface area contributed by atoms with Crippen LogP contribution in [0.3, 0.4) is 0 Å². The average Bonchev–Trinajstić information content (AvgIpc) is 2.91. The van der Waals surface area contributed by atoms with E-state index in [1.165, 1.54) is 11.4 Å². The summed E-state index contributed by atoms with van der Waals surface area (Å²) in [5.41, 5.74) is 2.79. The van der Waals surface area contributed by atoms with Crippen LogP contribution in [0.4, 0.5) is 11.4 Å². The molecule has 1 aromatic rings. The van der Waals surface area contributed by atoms with Gasteiger partial charge >= 0.3 is 42.4 Å². The van der Waals surface area contributed by atoms with Gasteiger partial charge in [0.1, 0.15) is 12.6 Å². The molecule has 1 aliphatic rings. The normalized spacial score (nSPS) is 15.3. The number of rotatable bonds is 4. The van der Waals surface area contributed by atoms with E-state index in [2.05, 4.69) is 124 Å². The van der Waals surface area contributed by atoms with Crippen molar-refractivity contribution in [2.75, 3.05) is 22.4 Å². The van der Waals surface area contributed by atoms with Crippen molar-refractivity contribution in [1.29, 1.82) is 0 Å². The summed E-state index contributed by atoms with van der Waals surface area (Å²) in [6.07, 6.45) is 2.33. The molecule has 193 valence electrons. The molecule has 0 bridgehead atoms. The summed E-state index contributed by atoms with van der Waals surface area (Å²) in [7, 11) is 13.7. The van der Waals surface area contributed by atoms with Crippen molar-refractivity contribution in [3.05, 3.63) is 30.9 Å². The standard InChI is InChI=1S/C25H45N2P2.3ClH.Mo/c1-22(2,3)28(23(4,5)6)18-26-17-27(21-16-14-13-15-20(21)26)19-29(24(7,8)9)25(10,11)12;;;;/h13-17H,18-19H2,1-12H3;3*1H;/q-1;;;;+3/p-1. The summed E-state index contributed by atoms with van der Waals surface area (Å²) in [6, 6.07) is 9.03. The summed E-state index contributed by atoms with van der Waals surface area (Å²) in [5.74, 6) is 0. The number of hydrogen-bond acceptors (Lipinski definition) is 2. The van der Waals surface area contributed by atoms with E-state index < -0.39 is 30.0 Å². The van der Waals surface area contributed by atoms with E-state index in [4.69, 9.17) is 28.3 Å². The second-order valence-electron chi connectivity index (χ2n) is 13.0. The molecule has 0 spiro atoms. The van der Waals surface area contributed by atoms with E-state index in [0.29, 0.717) is 20.6 Å². The molecule has 1 heterocycles. The third-order valence-corrected chi connectivity index (χ3v) is 14.6. The zero-order valence-electron chi connectivity index (χ0n) is 22.7. The summed E-state index contributed by atoms with van der Waals surface area (Å²) in [4.78, 5) is 5.15. The summed E-state index contributed by atoms with van der Waals surface area (Å²) >= 11 is -1.94. The Labute approximate surface area is 225 Å². The van der Waals surface area contributed by atoms with Crippen molar-refractivity contribution < 1.29 is 14.2 Å². The van der Waals surface area contributed by atoms with Gasteiger partial charge in [0.25, 0.3) is 0 Å². The number of benzene rings is 1. The topological polar surface area (TPSA) is 6.48 Å². The fraction of sp³-hybridized carbons (Fsp3) is 0.720. The molecule has 1 aromatic carbocycles. The van der Waals surface area contributed by atoms with Gasteiger partial charge in [0, 0.05) is 27.2 Å². The summed E-state index contributed by atoms with van der Waals surface area (Å²) in [5, 5.41) is 1.46. The van der Waals surface area contributed by atoms with Gasteiger partial charge in [-0.25, -0.2) is 0 Å². The molecule has 0 unspecified atom stereocenters. The van der Waals surface area contributed by atoms with E-state index in [-0.39, 0.29) is 0 Å². The van der Waals surface area contributed by atoms with Crippen LogP contribution in [0, 0.1) is 6.67 Å². The minimum atomic E-state index is -1.94. The zero-order valence-corrected chi connectivity index (χ0v) is 29.0. The molecule has 0 fully saturated rings. The van der Waals surface area contributed by atoms with Gasteiger partial charge < -0.3 is 9.80 Å². The van der Waals surface area contributed by atoms with E-state index in [0.717, 1.165) is 12.6 Å². The Morgan fingerprint density at radius 3 is 1.09 bits per heavy atom. The van der Waals surface area contributed by atoms with E-state index in [1.54, 1.807) is 0 Å². The SMILES string of the molecule is CC(C)(C)[PH+](CN1[CH-]N(C[PH+](C(C)(C)C)C(C)(C)C)c2ccccc21)C(C)(C)C.[Cl][Mo]([Cl])[Cl]. The average molecular weight is 640 g/mol. The Balaban J connectivity index is 0.00000125. The molecule has 0 radical (unpaired) electrons. The van der Waals surface area contributed by atoms with Crippen LogP contribution in [0.15, 0.2) is 24.3 Å². The van der Waals surface area contributed by atoms with Crippen LogP contribution in [0.1, 0.15) is 83.1 Å². The van der Waals surface area contributed by atoms with Crippen LogP contribution in [0.5, 0.6) is 0 Å². The fourth-order valence-electron chi connectivity index (χ4n) is 5.03.